The summed E-state index contributed by atoms with van der Waals surface area (Å²) in [5.41, 5.74) is 0. The Kier molecular flexibility index (Phi) is 31.9. The standard InChI is InChI=1S/C50H82O9/c1-3-5-7-9-11-13-15-17-19-21-23-25-27-37-47(49(51)52)58-45-35-31-29-33-43(45)56-41-39-55-40-42-57-44-34-30-32-36-46(44)59-48(50(53)54)38-28-26-24-22-20-18-16-14-12-10-8-6-4-2/h29-36,47-48H,3-28,37-42H2,1-2H3,(H,51,52)(H,53,54). The maximum atomic E-state index is 12.0. The monoisotopic (exact) mass is 827 g/mol. The van der Waals surface area contributed by atoms with Crippen molar-refractivity contribution in [3.05, 3.63) is 48.5 Å². The van der Waals surface area contributed by atoms with Gasteiger partial charge in [0.1, 0.15) is 13.2 Å². The average Bonchev–Trinajstić information content (AvgIpc) is 3.23. The minimum absolute atomic E-state index is 0.246. The van der Waals surface area contributed by atoms with Crippen LogP contribution in [0.15, 0.2) is 48.5 Å². The Balaban J connectivity index is 1.61. The van der Waals surface area contributed by atoms with E-state index in [1.165, 1.54) is 128 Å². The van der Waals surface area contributed by atoms with Gasteiger partial charge in [0.15, 0.2) is 35.2 Å². The fourth-order valence-electron chi connectivity index (χ4n) is 7.32. The minimum atomic E-state index is -0.970. The van der Waals surface area contributed by atoms with Gasteiger partial charge in [-0.05, 0) is 49.9 Å². The predicted octanol–water partition coefficient (Wildman–Crippen LogP) is 13.8. The topological polar surface area (TPSA) is 121 Å². The van der Waals surface area contributed by atoms with Crippen LogP contribution in [0.4, 0.5) is 0 Å². The molecule has 2 aromatic rings. The number of hydrogen-bond donors (Lipinski definition) is 2. The highest BCUT2D eigenvalue weighted by atomic mass is 16.6. The number of unbranched alkanes of at least 4 members (excludes halogenated alkanes) is 24. The van der Waals surface area contributed by atoms with Crippen LogP contribution in [-0.4, -0.2) is 60.8 Å². The molecule has 2 atom stereocenters. The van der Waals surface area contributed by atoms with E-state index in [2.05, 4.69) is 13.8 Å². The molecule has 0 radical (unpaired) electrons. The van der Waals surface area contributed by atoms with Gasteiger partial charge in [0.05, 0.1) is 13.2 Å². The number of aliphatic carboxylic acids is 2. The second-order valence-corrected chi connectivity index (χ2v) is 16.2. The third-order valence-electron chi connectivity index (χ3n) is 10.9. The van der Waals surface area contributed by atoms with E-state index in [1.54, 1.807) is 36.4 Å². The number of benzene rings is 2. The van der Waals surface area contributed by atoms with Gasteiger partial charge >= 0.3 is 11.9 Å². The summed E-state index contributed by atoms with van der Waals surface area (Å²) < 4.78 is 29.5. The van der Waals surface area contributed by atoms with Gasteiger partial charge < -0.3 is 33.9 Å². The summed E-state index contributed by atoms with van der Waals surface area (Å²) in [6, 6.07) is 14.3. The number of carboxylic acids is 2. The van der Waals surface area contributed by atoms with E-state index in [9.17, 15) is 19.8 Å². The van der Waals surface area contributed by atoms with E-state index >= 15 is 0 Å². The molecule has 0 spiro atoms. The highest BCUT2D eigenvalue weighted by molar-refractivity contribution is 5.73. The quantitative estimate of drug-likeness (QED) is 0.0630. The van der Waals surface area contributed by atoms with Crippen molar-refractivity contribution in [1.29, 1.82) is 0 Å². The number of carbonyl (C=O) groups is 2. The smallest absolute Gasteiger partial charge is 0.344 e. The lowest BCUT2D eigenvalue weighted by Gasteiger charge is -2.18. The van der Waals surface area contributed by atoms with Crippen molar-refractivity contribution in [2.75, 3.05) is 26.4 Å². The van der Waals surface area contributed by atoms with Crippen LogP contribution in [0.3, 0.4) is 0 Å². The number of para-hydroxylation sites is 4. The molecule has 0 bridgehead atoms. The number of rotatable bonds is 42. The molecule has 0 aliphatic rings. The van der Waals surface area contributed by atoms with Crippen molar-refractivity contribution in [3.63, 3.8) is 0 Å². The summed E-state index contributed by atoms with van der Waals surface area (Å²) in [6.07, 6.45) is 31.3. The molecule has 9 heteroatoms. The number of ether oxygens (including phenoxy) is 5. The van der Waals surface area contributed by atoms with Gasteiger partial charge in [-0.1, -0.05) is 192 Å². The SMILES string of the molecule is CCCCCCCCCCCCCCCC(Oc1ccccc1OCCOCCOc1ccccc1OC(CCCCCCCCCCCCCCC)C(=O)O)C(=O)O. The van der Waals surface area contributed by atoms with Crippen LogP contribution in [0, 0.1) is 0 Å². The second-order valence-electron chi connectivity index (χ2n) is 16.2. The average molecular weight is 827 g/mol. The van der Waals surface area contributed by atoms with Crippen LogP contribution in [0.2, 0.25) is 0 Å². The van der Waals surface area contributed by atoms with Crippen LogP contribution in [-0.2, 0) is 14.3 Å². The molecule has 0 heterocycles. The lowest BCUT2D eigenvalue weighted by molar-refractivity contribution is -0.146. The number of carboxylic acid groups (broad SMARTS) is 2. The van der Waals surface area contributed by atoms with Gasteiger partial charge in [0.2, 0.25) is 0 Å². The van der Waals surface area contributed by atoms with Crippen LogP contribution >= 0.6 is 0 Å². The fraction of sp³-hybridized carbons (Fsp3) is 0.720. The Labute approximate surface area is 358 Å². The summed E-state index contributed by atoms with van der Waals surface area (Å²) in [5.74, 6) is -0.181. The third-order valence-corrected chi connectivity index (χ3v) is 10.9. The van der Waals surface area contributed by atoms with Crippen molar-refractivity contribution < 1.29 is 43.5 Å². The van der Waals surface area contributed by atoms with Gasteiger partial charge in [-0.15, -0.1) is 0 Å². The lowest BCUT2D eigenvalue weighted by Crippen LogP contribution is -2.27. The molecule has 2 aromatic carbocycles. The zero-order valence-corrected chi connectivity index (χ0v) is 37.2. The Hall–Kier alpha value is -3.46. The molecule has 2 rings (SSSR count). The molecule has 0 amide bonds. The normalized spacial score (nSPS) is 12.2. The number of hydrogen-bond acceptors (Lipinski definition) is 7. The molecule has 0 saturated heterocycles. The molecule has 2 unspecified atom stereocenters. The first-order valence-electron chi connectivity index (χ1n) is 23.8. The molecular formula is C50H82O9. The van der Waals surface area contributed by atoms with E-state index < -0.39 is 24.1 Å². The van der Waals surface area contributed by atoms with Gasteiger partial charge in [-0.3, -0.25) is 0 Å². The first-order chi connectivity index (χ1) is 29.0. The van der Waals surface area contributed by atoms with E-state index in [0.717, 1.165) is 38.5 Å². The van der Waals surface area contributed by atoms with E-state index in [-0.39, 0.29) is 26.4 Å². The first-order valence-corrected chi connectivity index (χ1v) is 23.8. The molecule has 0 fully saturated rings. The Morgan fingerprint density at radius 2 is 0.678 bits per heavy atom. The van der Waals surface area contributed by atoms with Crippen LogP contribution in [0.1, 0.15) is 194 Å². The Bertz CT molecular complexity index is 1200. The first kappa shape index (κ1) is 51.7. The van der Waals surface area contributed by atoms with E-state index in [0.29, 0.717) is 35.8 Å². The van der Waals surface area contributed by atoms with Crippen molar-refractivity contribution >= 4 is 11.9 Å². The summed E-state index contributed by atoms with van der Waals surface area (Å²) in [7, 11) is 0. The Morgan fingerprint density at radius 1 is 0.407 bits per heavy atom. The van der Waals surface area contributed by atoms with Gasteiger partial charge in [0, 0.05) is 0 Å². The van der Waals surface area contributed by atoms with Crippen LogP contribution in [0.25, 0.3) is 0 Å². The fourth-order valence-corrected chi connectivity index (χ4v) is 7.32. The lowest BCUT2D eigenvalue weighted by atomic mass is 10.0. The predicted molar refractivity (Wildman–Crippen MR) is 239 cm³/mol. The van der Waals surface area contributed by atoms with Crippen molar-refractivity contribution in [3.8, 4) is 23.0 Å². The van der Waals surface area contributed by atoms with Crippen molar-refractivity contribution in [2.24, 2.45) is 0 Å². The highest BCUT2D eigenvalue weighted by Gasteiger charge is 2.22. The zero-order valence-electron chi connectivity index (χ0n) is 37.2. The van der Waals surface area contributed by atoms with Crippen LogP contribution < -0.4 is 18.9 Å². The largest absolute Gasteiger partial charge is 0.487 e. The molecule has 59 heavy (non-hydrogen) atoms. The summed E-state index contributed by atoms with van der Waals surface area (Å²) in [5, 5.41) is 19.7. The zero-order chi connectivity index (χ0) is 42.4. The van der Waals surface area contributed by atoms with E-state index in [1.807, 2.05) is 12.1 Å². The van der Waals surface area contributed by atoms with Crippen LogP contribution in [0.5, 0.6) is 23.0 Å². The minimum Gasteiger partial charge on any atom is -0.487 e. The second kappa shape index (κ2) is 36.4. The summed E-state index contributed by atoms with van der Waals surface area (Å²) >= 11 is 0. The van der Waals surface area contributed by atoms with E-state index in [4.69, 9.17) is 23.7 Å². The molecule has 0 aliphatic heterocycles. The maximum Gasteiger partial charge on any atom is 0.344 e. The molecular weight excluding hydrogens is 745 g/mol. The Morgan fingerprint density at radius 3 is 0.966 bits per heavy atom. The molecule has 0 aromatic heterocycles. The van der Waals surface area contributed by atoms with Gasteiger partial charge in [0.25, 0.3) is 0 Å². The van der Waals surface area contributed by atoms with Gasteiger partial charge in [-0.25, -0.2) is 9.59 Å². The highest BCUT2D eigenvalue weighted by Crippen LogP contribution is 2.30. The molecule has 9 nitrogen and oxygen atoms in total. The molecule has 336 valence electrons. The molecule has 0 aliphatic carbocycles. The van der Waals surface area contributed by atoms with Crippen molar-refractivity contribution in [2.45, 2.75) is 206 Å². The van der Waals surface area contributed by atoms with Gasteiger partial charge in [-0.2, -0.15) is 0 Å². The molecule has 2 N–H and O–H groups in total. The van der Waals surface area contributed by atoms with Crippen molar-refractivity contribution in [1.82, 2.24) is 0 Å². The molecule has 0 saturated carbocycles. The third kappa shape index (κ3) is 27.1. The summed E-state index contributed by atoms with van der Waals surface area (Å²) in [4.78, 5) is 24.1. The summed E-state index contributed by atoms with van der Waals surface area (Å²) in [6.45, 7) is 5.58. The maximum absolute atomic E-state index is 12.0.